The molecule has 26 heavy (non-hydrogen) atoms. The number of amides is 1. The summed E-state index contributed by atoms with van der Waals surface area (Å²) in [6.07, 6.45) is 9.08. The van der Waals surface area contributed by atoms with E-state index in [1.165, 1.54) is 25.7 Å². The van der Waals surface area contributed by atoms with Gasteiger partial charge in [-0.05, 0) is 42.7 Å². The van der Waals surface area contributed by atoms with E-state index in [-0.39, 0.29) is 5.91 Å². The van der Waals surface area contributed by atoms with Crippen molar-refractivity contribution in [2.75, 3.05) is 0 Å². The van der Waals surface area contributed by atoms with Crippen LogP contribution in [-0.4, -0.2) is 16.9 Å². The van der Waals surface area contributed by atoms with Crippen molar-refractivity contribution in [3.8, 4) is 11.1 Å². The van der Waals surface area contributed by atoms with Crippen LogP contribution in [0, 0.1) is 0 Å². The number of para-hydroxylation sites is 1. The second-order valence-electron chi connectivity index (χ2n) is 7.16. The molecule has 0 radical (unpaired) electrons. The third-order valence-electron chi connectivity index (χ3n) is 5.24. The molecule has 0 atom stereocenters. The van der Waals surface area contributed by atoms with E-state index >= 15 is 0 Å². The number of hydrogen-bond donors (Lipinski definition) is 1. The number of aromatic nitrogens is 1. The number of nitrogens with zero attached hydrogens (tertiary/aromatic N) is 1. The first kappa shape index (κ1) is 16.8. The molecule has 2 aromatic carbocycles. The lowest BCUT2D eigenvalue weighted by atomic mass is 10.0. The number of fused-ring (bicyclic) bond motifs is 1. The molecule has 0 bridgehead atoms. The molecule has 0 unspecified atom stereocenters. The van der Waals surface area contributed by atoms with Crippen molar-refractivity contribution in [2.24, 2.45) is 0 Å². The van der Waals surface area contributed by atoms with Crippen LogP contribution in [-0.2, 0) is 0 Å². The van der Waals surface area contributed by atoms with Gasteiger partial charge in [-0.25, -0.2) is 0 Å². The summed E-state index contributed by atoms with van der Waals surface area (Å²) in [5.41, 5.74) is 3.77. The van der Waals surface area contributed by atoms with E-state index in [2.05, 4.69) is 22.4 Å². The Morgan fingerprint density at radius 1 is 0.885 bits per heavy atom. The highest BCUT2D eigenvalue weighted by molar-refractivity contribution is 5.96. The smallest absolute Gasteiger partial charge is 0.251 e. The Hall–Kier alpha value is -2.68. The fraction of sp³-hybridized carbons (Fsp3) is 0.304. The van der Waals surface area contributed by atoms with Crippen LogP contribution >= 0.6 is 0 Å². The molecule has 0 spiro atoms. The van der Waals surface area contributed by atoms with E-state index in [9.17, 15) is 4.79 Å². The molecule has 132 valence electrons. The zero-order chi connectivity index (χ0) is 17.8. The summed E-state index contributed by atoms with van der Waals surface area (Å²) in [5.74, 6) is 0.0347. The third-order valence-corrected chi connectivity index (χ3v) is 5.24. The SMILES string of the molecule is O=C(NC1CCCCCC1)c1cccc(-c2cnc3ccccc3c2)c1. The number of benzene rings is 2. The first-order valence-corrected chi connectivity index (χ1v) is 9.56. The van der Waals surface area contributed by atoms with Gasteiger partial charge in [0.15, 0.2) is 0 Å². The molecule has 1 aliphatic rings. The second kappa shape index (κ2) is 7.69. The lowest BCUT2D eigenvalue weighted by molar-refractivity contribution is 0.0933. The van der Waals surface area contributed by atoms with Crippen molar-refractivity contribution in [1.29, 1.82) is 0 Å². The number of rotatable bonds is 3. The average molecular weight is 344 g/mol. The van der Waals surface area contributed by atoms with E-state index in [1.807, 2.05) is 48.7 Å². The molecule has 1 heterocycles. The molecule has 3 heteroatoms. The largest absolute Gasteiger partial charge is 0.349 e. The summed E-state index contributed by atoms with van der Waals surface area (Å²) < 4.78 is 0. The zero-order valence-electron chi connectivity index (χ0n) is 14.9. The van der Waals surface area contributed by atoms with Gasteiger partial charge in [0, 0.05) is 28.8 Å². The highest BCUT2D eigenvalue weighted by Gasteiger charge is 2.16. The lowest BCUT2D eigenvalue weighted by Gasteiger charge is -2.16. The Kier molecular flexibility index (Phi) is 4.96. The topological polar surface area (TPSA) is 42.0 Å². The summed E-state index contributed by atoms with van der Waals surface area (Å²) >= 11 is 0. The zero-order valence-corrected chi connectivity index (χ0v) is 14.9. The maximum absolute atomic E-state index is 12.7. The van der Waals surface area contributed by atoms with Gasteiger partial charge < -0.3 is 5.32 Å². The highest BCUT2D eigenvalue weighted by Crippen LogP contribution is 2.24. The van der Waals surface area contributed by atoms with Crippen LogP contribution in [0.15, 0.2) is 60.8 Å². The van der Waals surface area contributed by atoms with Gasteiger partial charge in [0.05, 0.1) is 5.52 Å². The molecule has 0 aliphatic heterocycles. The number of pyridine rings is 1. The second-order valence-corrected chi connectivity index (χ2v) is 7.16. The molecule has 3 nitrogen and oxygen atoms in total. The quantitative estimate of drug-likeness (QED) is 0.650. The van der Waals surface area contributed by atoms with Crippen molar-refractivity contribution >= 4 is 16.8 Å². The van der Waals surface area contributed by atoms with Gasteiger partial charge in [0.2, 0.25) is 0 Å². The van der Waals surface area contributed by atoms with E-state index in [4.69, 9.17) is 0 Å². The van der Waals surface area contributed by atoms with E-state index in [1.54, 1.807) is 0 Å². The Labute approximate surface area is 154 Å². The normalized spacial score (nSPS) is 15.5. The molecule has 4 rings (SSSR count). The number of hydrogen-bond acceptors (Lipinski definition) is 2. The Morgan fingerprint density at radius 2 is 1.69 bits per heavy atom. The van der Waals surface area contributed by atoms with Crippen LogP contribution in [0.1, 0.15) is 48.9 Å². The lowest BCUT2D eigenvalue weighted by Crippen LogP contribution is -2.34. The van der Waals surface area contributed by atoms with Crippen LogP contribution in [0.5, 0.6) is 0 Å². The van der Waals surface area contributed by atoms with Gasteiger partial charge >= 0.3 is 0 Å². The van der Waals surface area contributed by atoms with Gasteiger partial charge in [-0.3, -0.25) is 9.78 Å². The Morgan fingerprint density at radius 3 is 2.54 bits per heavy atom. The average Bonchev–Trinajstić information content (AvgIpc) is 2.96. The molecular formula is C23H24N2O. The predicted octanol–water partition coefficient (Wildman–Crippen LogP) is 5.35. The minimum Gasteiger partial charge on any atom is -0.349 e. The molecule has 1 N–H and O–H groups in total. The first-order chi connectivity index (χ1) is 12.8. The third kappa shape index (κ3) is 3.77. The van der Waals surface area contributed by atoms with Crippen molar-refractivity contribution in [3.05, 3.63) is 66.4 Å². The van der Waals surface area contributed by atoms with Crippen LogP contribution in [0.2, 0.25) is 0 Å². The predicted molar refractivity (Wildman–Crippen MR) is 106 cm³/mol. The summed E-state index contributed by atoms with van der Waals surface area (Å²) in [7, 11) is 0. The van der Waals surface area contributed by atoms with Crippen molar-refractivity contribution in [2.45, 2.75) is 44.6 Å². The Balaban J connectivity index is 1.56. The molecule has 1 aromatic heterocycles. The van der Waals surface area contributed by atoms with E-state index < -0.39 is 0 Å². The summed E-state index contributed by atoms with van der Waals surface area (Å²) in [6, 6.07) is 18.4. The summed E-state index contributed by atoms with van der Waals surface area (Å²) in [5, 5.41) is 4.34. The minimum atomic E-state index is 0.0347. The number of carbonyl (C=O) groups excluding carboxylic acids is 1. The molecule has 3 aromatic rings. The maximum Gasteiger partial charge on any atom is 0.251 e. The Bertz CT molecular complexity index is 911. The van der Waals surface area contributed by atoms with Gasteiger partial charge in [0.25, 0.3) is 5.91 Å². The fourth-order valence-electron chi connectivity index (χ4n) is 3.76. The van der Waals surface area contributed by atoms with E-state index in [0.717, 1.165) is 40.4 Å². The van der Waals surface area contributed by atoms with Gasteiger partial charge in [0.1, 0.15) is 0 Å². The van der Waals surface area contributed by atoms with Crippen LogP contribution in [0.4, 0.5) is 0 Å². The summed E-state index contributed by atoms with van der Waals surface area (Å²) in [4.78, 5) is 17.2. The van der Waals surface area contributed by atoms with Crippen LogP contribution < -0.4 is 5.32 Å². The van der Waals surface area contributed by atoms with Crippen molar-refractivity contribution in [3.63, 3.8) is 0 Å². The van der Waals surface area contributed by atoms with Gasteiger partial charge in [-0.2, -0.15) is 0 Å². The minimum absolute atomic E-state index is 0.0347. The standard InChI is InChI=1S/C23H24N2O/c26-23(25-21-11-3-1-2-4-12-21)19-10-7-9-17(14-19)20-15-18-8-5-6-13-22(18)24-16-20/h5-10,13-16,21H,1-4,11-12H2,(H,25,26). The molecule has 0 saturated heterocycles. The monoisotopic (exact) mass is 344 g/mol. The molecule has 1 amide bonds. The van der Waals surface area contributed by atoms with Gasteiger partial charge in [-0.15, -0.1) is 0 Å². The number of carbonyl (C=O) groups is 1. The molecule has 1 saturated carbocycles. The number of nitrogens with one attached hydrogen (secondary N) is 1. The molecule has 1 fully saturated rings. The molecule has 1 aliphatic carbocycles. The maximum atomic E-state index is 12.7. The van der Waals surface area contributed by atoms with Crippen LogP contribution in [0.3, 0.4) is 0 Å². The van der Waals surface area contributed by atoms with Crippen LogP contribution in [0.25, 0.3) is 22.0 Å². The molecular weight excluding hydrogens is 320 g/mol. The first-order valence-electron chi connectivity index (χ1n) is 9.56. The van der Waals surface area contributed by atoms with Gasteiger partial charge in [-0.1, -0.05) is 56.0 Å². The fourth-order valence-corrected chi connectivity index (χ4v) is 3.76. The van der Waals surface area contributed by atoms with Crippen molar-refractivity contribution in [1.82, 2.24) is 10.3 Å². The van der Waals surface area contributed by atoms with E-state index in [0.29, 0.717) is 6.04 Å². The van der Waals surface area contributed by atoms with Crippen molar-refractivity contribution < 1.29 is 4.79 Å². The summed E-state index contributed by atoms with van der Waals surface area (Å²) in [6.45, 7) is 0. The highest BCUT2D eigenvalue weighted by atomic mass is 16.1.